The van der Waals surface area contributed by atoms with E-state index in [1.54, 1.807) is 19.1 Å². The van der Waals surface area contributed by atoms with Crippen molar-refractivity contribution >= 4 is 33.2 Å². The third kappa shape index (κ3) is 5.39. The van der Waals surface area contributed by atoms with E-state index in [1.165, 1.54) is 41.9 Å². The van der Waals surface area contributed by atoms with Crippen molar-refractivity contribution in [3.63, 3.8) is 0 Å². The van der Waals surface area contributed by atoms with E-state index >= 15 is 0 Å². The molecule has 174 valence electrons. The first kappa shape index (κ1) is 23.4. The molecule has 34 heavy (non-hydrogen) atoms. The molecule has 2 aromatic heterocycles. The summed E-state index contributed by atoms with van der Waals surface area (Å²) in [6.07, 6.45) is 1.44. The number of carbonyl (C=O) groups is 2. The van der Waals surface area contributed by atoms with Gasteiger partial charge in [0.05, 0.1) is 23.4 Å². The number of carbonyl (C=O) groups excluding carboxylic acids is 2. The molecule has 11 heteroatoms. The van der Waals surface area contributed by atoms with E-state index in [4.69, 9.17) is 4.42 Å². The Bertz CT molecular complexity index is 1410. The first-order valence-corrected chi connectivity index (χ1v) is 12.4. The van der Waals surface area contributed by atoms with Gasteiger partial charge in [0.15, 0.2) is 0 Å². The second kappa shape index (κ2) is 10.00. The summed E-state index contributed by atoms with van der Waals surface area (Å²) >= 11 is 1.21. The highest BCUT2D eigenvalue weighted by atomic mass is 32.2. The van der Waals surface area contributed by atoms with Gasteiger partial charge < -0.3 is 4.42 Å². The van der Waals surface area contributed by atoms with Crippen molar-refractivity contribution in [2.75, 3.05) is 0 Å². The van der Waals surface area contributed by atoms with Crippen LogP contribution in [0.1, 0.15) is 31.5 Å². The quantitative estimate of drug-likeness (QED) is 0.337. The van der Waals surface area contributed by atoms with Gasteiger partial charge in [-0.25, -0.2) is 18.1 Å². The molecule has 0 bridgehead atoms. The standard InChI is InChI=1S/C23H20N4O5S2/c1-15-20(33-23(25-15)16-7-3-2-4-8-16)22(29)27-26-21(28)17-9-5-11-19(13-17)34(30,31)24-14-18-10-6-12-32-18/h2-13,24H,14H2,1H3,(H,26,28)(H,27,29). The molecule has 9 nitrogen and oxygen atoms in total. The number of rotatable bonds is 7. The van der Waals surface area contributed by atoms with Crippen LogP contribution in [0, 0.1) is 6.92 Å². The van der Waals surface area contributed by atoms with E-state index in [0.29, 0.717) is 21.3 Å². The average Bonchev–Trinajstić information content (AvgIpc) is 3.51. The van der Waals surface area contributed by atoms with E-state index < -0.39 is 21.8 Å². The smallest absolute Gasteiger partial charge is 0.281 e. The summed E-state index contributed by atoms with van der Waals surface area (Å²) in [4.78, 5) is 29.8. The van der Waals surface area contributed by atoms with E-state index in [2.05, 4.69) is 20.6 Å². The minimum absolute atomic E-state index is 0.0268. The summed E-state index contributed by atoms with van der Waals surface area (Å²) in [6, 6.07) is 18.2. The first-order chi connectivity index (χ1) is 16.3. The Morgan fingerprint density at radius 3 is 2.47 bits per heavy atom. The van der Waals surface area contributed by atoms with Crippen LogP contribution in [0.2, 0.25) is 0 Å². The van der Waals surface area contributed by atoms with Crippen molar-refractivity contribution in [1.29, 1.82) is 0 Å². The van der Waals surface area contributed by atoms with Gasteiger partial charge >= 0.3 is 0 Å². The van der Waals surface area contributed by atoms with Crippen molar-refractivity contribution in [2.24, 2.45) is 0 Å². The molecular formula is C23H20N4O5S2. The zero-order valence-electron chi connectivity index (χ0n) is 17.9. The number of hydrogen-bond acceptors (Lipinski definition) is 7. The third-order valence-electron chi connectivity index (χ3n) is 4.74. The Morgan fingerprint density at radius 2 is 1.74 bits per heavy atom. The number of furan rings is 1. The molecule has 0 spiro atoms. The van der Waals surface area contributed by atoms with Gasteiger partial charge in [-0.1, -0.05) is 36.4 Å². The lowest BCUT2D eigenvalue weighted by Gasteiger charge is -2.09. The molecule has 0 saturated heterocycles. The molecule has 2 aromatic carbocycles. The molecule has 0 fully saturated rings. The highest BCUT2D eigenvalue weighted by molar-refractivity contribution is 7.89. The van der Waals surface area contributed by atoms with Crippen LogP contribution in [0.25, 0.3) is 10.6 Å². The van der Waals surface area contributed by atoms with Gasteiger partial charge in [-0.15, -0.1) is 11.3 Å². The molecule has 0 aliphatic carbocycles. The zero-order chi connectivity index (χ0) is 24.1. The van der Waals surface area contributed by atoms with Crippen molar-refractivity contribution in [3.8, 4) is 10.6 Å². The van der Waals surface area contributed by atoms with Gasteiger partial charge in [-0.3, -0.25) is 20.4 Å². The van der Waals surface area contributed by atoms with Crippen LogP contribution in [0.3, 0.4) is 0 Å². The Kier molecular flexibility index (Phi) is 6.87. The maximum absolute atomic E-state index is 12.6. The SMILES string of the molecule is Cc1nc(-c2ccccc2)sc1C(=O)NNC(=O)c1cccc(S(=O)(=O)NCc2ccco2)c1. The van der Waals surface area contributed by atoms with Crippen LogP contribution < -0.4 is 15.6 Å². The summed E-state index contributed by atoms with van der Waals surface area (Å²) in [6.45, 7) is 1.69. The van der Waals surface area contributed by atoms with Crippen molar-refractivity contribution in [2.45, 2.75) is 18.4 Å². The van der Waals surface area contributed by atoms with Crippen LogP contribution in [0.4, 0.5) is 0 Å². The minimum Gasteiger partial charge on any atom is -0.468 e. The van der Waals surface area contributed by atoms with E-state index in [1.807, 2.05) is 30.3 Å². The molecule has 0 aliphatic heterocycles. The highest BCUT2D eigenvalue weighted by Crippen LogP contribution is 2.27. The van der Waals surface area contributed by atoms with Gasteiger partial charge in [-0.2, -0.15) is 0 Å². The molecule has 3 N–H and O–H groups in total. The summed E-state index contributed by atoms with van der Waals surface area (Å²) in [7, 11) is -3.88. The fourth-order valence-corrected chi connectivity index (χ4v) is 5.03. The summed E-state index contributed by atoms with van der Waals surface area (Å²) in [5, 5.41) is 0.689. The fourth-order valence-electron chi connectivity index (χ4n) is 3.02. The molecule has 4 rings (SSSR count). The predicted octanol–water partition coefficient (Wildman–Crippen LogP) is 3.26. The van der Waals surface area contributed by atoms with Crippen LogP contribution in [-0.4, -0.2) is 25.2 Å². The van der Waals surface area contributed by atoms with Crippen molar-refractivity contribution < 1.29 is 22.4 Å². The topological polar surface area (TPSA) is 130 Å². The van der Waals surface area contributed by atoms with Crippen molar-refractivity contribution in [3.05, 3.63) is 94.9 Å². The summed E-state index contributed by atoms with van der Waals surface area (Å²) in [5.41, 5.74) is 6.16. The third-order valence-corrected chi connectivity index (χ3v) is 7.34. The molecule has 0 unspecified atom stereocenters. The maximum Gasteiger partial charge on any atom is 0.281 e. The summed E-state index contributed by atoms with van der Waals surface area (Å²) in [5.74, 6) is -0.731. The highest BCUT2D eigenvalue weighted by Gasteiger charge is 2.19. The van der Waals surface area contributed by atoms with Gasteiger partial charge in [0, 0.05) is 11.1 Å². The first-order valence-electron chi connectivity index (χ1n) is 10.1. The van der Waals surface area contributed by atoms with Crippen LogP contribution >= 0.6 is 11.3 Å². The molecule has 0 radical (unpaired) electrons. The lowest BCUT2D eigenvalue weighted by Crippen LogP contribution is -2.41. The molecule has 2 amide bonds. The number of benzene rings is 2. The molecule has 0 aliphatic rings. The van der Waals surface area contributed by atoms with Gasteiger partial charge in [0.1, 0.15) is 15.6 Å². The number of hydrazine groups is 1. The number of nitrogens with zero attached hydrogens (tertiary/aromatic N) is 1. The number of amides is 2. The number of aryl methyl sites for hydroxylation is 1. The Morgan fingerprint density at radius 1 is 0.971 bits per heavy atom. The Labute approximate surface area is 199 Å². The molecule has 4 aromatic rings. The number of nitrogens with one attached hydrogen (secondary N) is 3. The second-order valence-corrected chi connectivity index (χ2v) is 9.91. The lowest BCUT2D eigenvalue weighted by molar-refractivity contribution is 0.0848. The fraction of sp³-hybridized carbons (Fsp3) is 0.0870. The number of sulfonamides is 1. The van der Waals surface area contributed by atoms with E-state index in [0.717, 1.165) is 5.56 Å². The molecule has 0 saturated carbocycles. The normalized spacial score (nSPS) is 11.2. The monoisotopic (exact) mass is 496 g/mol. The van der Waals surface area contributed by atoms with Gasteiger partial charge in [0.25, 0.3) is 11.8 Å². The van der Waals surface area contributed by atoms with Crippen LogP contribution in [-0.2, 0) is 16.6 Å². The predicted molar refractivity (Wildman–Crippen MR) is 126 cm³/mol. The van der Waals surface area contributed by atoms with Gasteiger partial charge in [0.2, 0.25) is 10.0 Å². The maximum atomic E-state index is 12.6. The average molecular weight is 497 g/mol. The van der Waals surface area contributed by atoms with Crippen LogP contribution in [0.5, 0.6) is 0 Å². The Balaban J connectivity index is 1.40. The zero-order valence-corrected chi connectivity index (χ0v) is 19.6. The Hall–Kier alpha value is -3.80. The van der Waals surface area contributed by atoms with Crippen molar-refractivity contribution in [1.82, 2.24) is 20.6 Å². The lowest BCUT2D eigenvalue weighted by atomic mass is 10.2. The number of thiazole rings is 1. The molecule has 0 atom stereocenters. The van der Waals surface area contributed by atoms with E-state index in [-0.39, 0.29) is 17.0 Å². The van der Waals surface area contributed by atoms with E-state index in [9.17, 15) is 18.0 Å². The number of aromatic nitrogens is 1. The largest absolute Gasteiger partial charge is 0.468 e. The minimum atomic E-state index is -3.88. The van der Waals surface area contributed by atoms with Crippen LogP contribution in [0.15, 0.2) is 82.3 Å². The molecule has 2 heterocycles. The second-order valence-electron chi connectivity index (χ2n) is 7.14. The summed E-state index contributed by atoms with van der Waals surface area (Å²) < 4.78 is 32.6. The molecular weight excluding hydrogens is 476 g/mol. The van der Waals surface area contributed by atoms with Gasteiger partial charge in [-0.05, 0) is 37.3 Å². The number of hydrogen-bond donors (Lipinski definition) is 3.